The van der Waals surface area contributed by atoms with Crippen molar-refractivity contribution in [2.24, 2.45) is 5.73 Å². The first-order chi connectivity index (χ1) is 8.44. The molecule has 0 aromatic carbocycles. The van der Waals surface area contributed by atoms with E-state index in [1.165, 1.54) is 7.11 Å². The Bertz CT molecular complexity index is 231. The van der Waals surface area contributed by atoms with Gasteiger partial charge >= 0.3 is 5.97 Å². The van der Waals surface area contributed by atoms with Crippen molar-refractivity contribution in [3.63, 3.8) is 0 Å². The fourth-order valence-corrected chi connectivity index (χ4v) is 1.55. The molecule has 0 aliphatic rings. The zero-order valence-corrected chi connectivity index (χ0v) is 12.0. The summed E-state index contributed by atoms with van der Waals surface area (Å²) in [6.07, 6.45) is 2.42. The largest absolute Gasteiger partial charge is 0.468 e. The average molecular weight is 261 g/mol. The number of hydrogen-bond donors (Lipinski definition) is 1. The van der Waals surface area contributed by atoms with Crippen LogP contribution in [-0.2, 0) is 19.0 Å². The van der Waals surface area contributed by atoms with E-state index in [9.17, 15) is 4.79 Å². The Kier molecular flexibility index (Phi) is 8.97. The summed E-state index contributed by atoms with van der Waals surface area (Å²) in [5.74, 6) is -0.367. The molecule has 2 N–H and O–H groups in total. The number of hydrogen-bond acceptors (Lipinski definition) is 5. The molecule has 0 aromatic heterocycles. The van der Waals surface area contributed by atoms with Gasteiger partial charge in [0.1, 0.15) is 5.54 Å². The predicted octanol–water partition coefficient (Wildman–Crippen LogP) is 1.49. The molecule has 0 aliphatic heterocycles. The molecule has 0 bridgehead atoms. The van der Waals surface area contributed by atoms with Crippen molar-refractivity contribution in [1.29, 1.82) is 0 Å². The topological polar surface area (TPSA) is 70.8 Å². The van der Waals surface area contributed by atoms with Gasteiger partial charge in [-0.05, 0) is 40.0 Å². The van der Waals surface area contributed by atoms with Crippen molar-refractivity contribution in [3.8, 4) is 0 Å². The minimum Gasteiger partial charge on any atom is -0.468 e. The molecular weight excluding hydrogens is 234 g/mol. The second-order valence-electron chi connectivity index (χ2n) is 4.71. The third kappa shape index (κ3) is 7.63. The number of carbonyl (C=O) groups is 1. The second-order valence-corrected chi connectivity index (χ2v) is 4.71. The van der Waals surface area contributed by atoms with Gasteiger partial charge in [-0.3, -0.25) is 4.79 Å². The molecule has 0 saturated heterocycles. The second kappa shape index (κ2) is 9.30. The molecule has 0 fully saturated rings. The van der Waals surface area contributed by atoms with Crippen LogP contribution in [-0.4, -0.2) is 44.5 Å². The SMILES string of the molecule is CCOCC(C)OCCCCC(C)(N)C(=O)OC. The van der Waals surface area contributed by atoms with Crippen LogP contribution in [0.5, 0.6) is 0 Å². The molecule has 0 aromatic rings. The van der Waals surface area contributed by atoms with Gasteiger partial charge in [-0.15, -0.1) is 0 Å². The Morgan fingerprint density at radius 1 is 1.39 bits per heavy atom. The minimum absolute atomic E-state index is 0.106. The van der Waals surface area contributed by atoms with Crippen molar-refractivity contribution in [1.82, 2.24) is 0 Å². The number of nitrogens with two attached hydrogens (primary N) is 1. The van der Waals surface area contributed by atoms with E-state index in [0.29, 0.717) is 26.2 Å². The first-order valence-electron chi connectivity index (χ1n) is 6.50. The average Bonchev–Trinajstić information content (AvgIpc) is 2.34. The van der Waals surface area contributed by atoms with Gasteiger partial charge in [-0.25, -0.2) is 0 Å². The van der Waals surface area contributed by atoms with Gasteiger partial charge < -0.3 is 19.9 Å². The fraction of sp³-hybridized carbons (Fsp3) is 0.923. The van der Waals surface area contributed by atoms with Crippen LogP contribution < -0.4 is 5.73 Å². The summed E-state index contributed by atoms with van der Waals surface area (Å²) in [7, 11) is 1.35. The van der Waals surface area contributed by atoms with Crippen LogP contribution in [0.15, 0.2) is 0 Å². The van der Waals surface area contributed by atoms with E-state index in [0.717, 1.165) is 12.8 Å². The Morgan fingerprint density at radius 2 is 2.06 bits per heavy atom. The van der Waals surface area contributed by atoms with E-state index >= 15 is 0 Å². The molecule has 0 amide bonds. The minimum atomic E-state index is -0.897. The molecule has 18 heavy (non-hydrogen) atoms. The van der Waals surface area contributed by atoms with E-state index < -0.39 is 5.54 Å². The van der Waals surface area contributed by atoms with E-state index in [4.69, 9.17) is 15.2 Å². The van der Waals surface area contributed by atoms with Crippen LogP contribution >= 0.6 is 0 Å². The maximum atomic E-state index is 11.3. The summed E-state index contributed by atoms with van der Waals surface area (Å²) >= 11 is 0. The zero-order chi connectivity index (χ0) is 14.0. The highest BCUT2D eigenvalue weighted by Gasteiger charge is 2.28. The quantitative estimate of drug-likeness (QED) is 0.476. The van der Waals surface area contributed by atoms with Gasteiger partial charge in [-0.2, -0.15) is 0 Å². The number of carbonyl (C=O) groups excluding carboxylic acids is 1. The summed E-state index contributed by atoms with van der Waals surface area (Å²) in [6.45, 7) is 7.62. The lowest BCUT2D eigenvalue weighted by molar-refractivity contribution is -0.146. The number of ether oxygens (including phenoxy) is 3. The predicted molar refractivity (Wildman–Crippen MR) is 70.4 cm³/mol. The molecule has 0 aliphatic carbocycles. The third-order valence-electron chi connectivity index (χ3n) is 2.70. The van der Waals surface area contributed by atoms with Gasteiger partial charge in [0, 0.05) is 13.2 Å². The first kappa shape index (κ1) is 17.4. The Balaban J connectivity index is 3.59. The van der Waals surface area contributed by atoms with E-state index in [1.807, 2.05) is 13.8 Å². The van der Waals surface area contributed by atoms with Gasteiger partial charge in [0.15, 0.2) is 0 Å². The van der Waals surface area contributed by atoms with E-state index in [1.54, 1.807) is 6.92 Å². The molecule has 5 heteroatoms. The Labute approximate surface area is 110 Å². The van der Waals surface area contributed by atoms with E-state index in [2.05, 4.69) is 4.74 Å². The fourth-order valence-electron chi connectivity index (χ4n) is 1.55. The highest BCUT2D eigenvalue weighted by molar-refractivity contribution is 5.79. The number of methoxy groups -OCH3 is 1. The van der Waals surface area contributed by atoms with Crippen LogP contribution in [0.1, 0.15) is 40.0 Å². The molecule has 108 valence electrons. The molecule has 2 unspecified atom stereocenters. The summed E-state index contributed by atoms with van der Waals surface area (Å²) in [6, 6.07) is 0. The third-order valence-corrected chi connectivity index (χ3v) is 2.70. The van der Waals surface area contributed by atoms with Gasteiger partial charge in [-0.1, -0.05) is 0 Å². The first-order valence-corrected chi connectivity index (χ1v) is 6.50. The normalized spacial score (nSPS) is 16.1. The highest BCUT2D eigenvalue weighted by atomic mass is 16.5. The highest BCUT2D eigenvalue weighted by Crippen LogP contribution is 2.12. The van der Waals surface area contributed by atoms with Crippen LogP contribution in [0, 0.1) is 0 Å². The Morgan fingerprint density at radius 3 is 2.61 bits per heavy atom. The van der Waals surface area contributed by atoms with Crippen molar-refractivity contribution in [3.05, 3.63) is 0 Å². The van der Waals surface area contributed by atoms with Gasteiger partial charge in [0.05, 0.1) is 19.8 Å². The maximum Gasteiger partial charge on any atom is 0.325 e. The number of unbranched alkanes of at least 4 members (excludes halogenated alkanes) is 1. The monoisotopic (exact) mass is 261 g/mol. The molecule has 0 radical (unpaired) electrons. The molecule has 2 atom stereocenters. The number of esters is 1. The summed E-state index contributed by atoms with van der Waals surface area (Å²) in [5, 5.41) is 0. The van der Waals surface area contributed by atoms with Crippen LogP contribution in [0.25, 0.3) is 0 Å². The van der Waals surface area contributed by atoms with Gasteiger partial charge in [0.2, 0.25) is 0 Å². The molecule has 0 heterocycles. The molecular formula is C13H27NO4. The summed E-state index contributed by atoms with van der Waals surface area (Å²) in [5.41, 5.74) is 4.95. The smallest absolute Gasteiger partial charge is 0.325 e. The van der Waals surface area contributed by atoms with Gasteiger partial charge in [0.25, 0.3) is 0 Å². The van der Waals surface area contributed by atoms with Crippen molar-refractivity contribution in [2.45, 2.75) is 51.7 Å². The summed E-state index contributed by atoms with van der Waals surface area (Å²) in [4.78, 5) is 11.3. The van der Waals surface area contributed by atoms with Crippen LogP contribution in [0.4, 0.5) is 0 Å². The van der Waals surface area contributed by atoms with Crippen LogP contribution in [0.2, 0.25) is 0 Å². The summed E-state index contributed by atoms with van der Waals surface area (Å²) < 4.78 is 15.5. The van der Waals surface area contributed by atoms with E-state index in [-0.39, 0.29) is 12.1 Å². The zero-order valence-electron chi connectivity index (χ0n) is 12.0. The Hall–Kier alpha value is -0.650. The van der Waals surface area contributed by atoms with Crippen molar-refractivity contribution in [2.75, 3.05) is 26.9 Å². The van der Waals surface area contributed by atoms with Crippen molar-refractivity contribution >= 4 is 5.97 Å². The lowest BCUT2D eigenvalue weighted by Crippen LogP contribution is -2.45. The van der Waals surface area contributed by atoms with Crippen molar-refractivity contribution < 1.29 is 19.0 Å². The lowest BCUT2D eigenvalue weighted by atomic mass is 9.96. The van der Waals surface area contributed by atoms with Crippen LogP contribution in [0.3, 0.4) is 0 Å². The number of rotatable bonds is 10. The molecule has 5 nitrogen and oxygen atoms in total. The maximum absolute atomic E-state index is 11.3. The lowest BCUT2D eigenvalue weighted by Gasteiger charge is -2.21. The molecule has 0 saturated carbocycles. The molecule has 0 rings (SSSR count). The standard InChI is InChI=1S/C13H27NO4/c1-5-17-10-11(2)18-9-7-6-8-13(3,14)12(15)16-4/h11H,5-10,14H2,1-4H3. The molecule has 0 spiro atoms.